The maximum atomic E-state index is 12.2. The Morgan fingerprint density at radius 1 is 1.32 bits per heavy atom. The van der Waals surface area contributed by atoms with Crippen molar-refractivity contribution in [3.8, 4) is 0 Å². The molecule has 2 aromatic heterocycles. The number of hydrogen-bond acceptors (Lipinski definition) is 4. The molecule has 3 rings (SSSR count). The minimum Gasteiger partial charge on any atom is -0.478 e. The van der Waals surface area contributed by atoms with Crippen molar-refractivity contribution in [3.05, 3.63) is 40.7 Å². The second-order valence-corrected chi connectivity index (χ2v) is 5.87. The Bertz CT molecular complexity index is 941. The van der Waals surface area contributed by atoms with Crippen LogP contribution < -0.4 is 5.32 Å². The number of imidazole rings is 1. The third kappa shape index (κ3) is 3.37. The fraction of sp³-hybridized carbons (Fsp3) is 0.294. The lowest BCUT2D eigenvalue weighted by atomic mass is 10.0. The number of nitrogens with zero attached hydrogens (tertiary/aromatic N) is 2. The first-order chi connectivity index (χ1) is 12.0. The number of aromatic amines is 2. The molecular weight excluding hydrogens is 322 g/mol. The van der Waals surface area contributed by atoms with E-state index >= 15 is 0 Å². The van der Waals surface area contributed by atoms with Crippen molar-refractivity contribution in [1.82, 2.24) is 20.2 Å². The second-order valence-electron chi connectivity index (χ2n) is 5.87. The predicted molar refractivity (Wildman–Crippen MR) is 92.9 cm³/mol. The van der Waals surface area contributed by atoms with Crippen LogP contribution in [0.5, 0.6) is 0 Å². The van der Waals surface area contributed by atoms with Crippen LogP contribution >= 0.6 is 0 Å². The van der Waals surface area contributed by atoms with Crippen molar-refractivity contribution in [2.24, 2.45) is 0 Å². The number of carbonyl (C=O) groups is 2. The summed E-state index contributed by atoms with van der Waals surface area (Å²) in [6, 6.07) is 4.86. The quantitative estimate of drug-likeness (QED) is 0.549. The number of amides is 1. The lowest BCUT2D eigenvalue weighted by Crippen LogP contribution is -2.13. The van der Waals surface area contributed by atoms with Crippen molar-refractivity contribution >= 4 is 28.9 Å². The summed E-state index contributed by atoms with van der Waals surface area (Å²) in [7, 11) is 0. The Morgan fingerprint density at radius 2 is 2.12 bits per heavy atom. The molecule has 4 N–H and O–H groups in total. The van der Waals surface area contributed by atoms with E-state index in [1.165, 1.54) is 0 Å². The van der Waals surface area contributed by atoms with E-state index in [2.05, 4.69) is 25.5 Å². The Hall–Kier alpha value is -3.16. The van der Waals surface area contributed by atoms with Gasteiger partial charge in [0, 0.05) is 5.69 Å². The van der Waals surface area contributed by atoms with Gasteiger partial charge in [0.25, 0.3) is 5.91 Å². The molecule has 0 radical (unpaired) electrons. The van der Waals surface area contributed by atoms with Crippen LogP contribution in [0.2, 0.25) is 0 Å². The SMILES string of the molecule is CCCCc1c(C(=O)O)ccc2[nH]c(NC(=O)c3cc(C)[nH]n3)nc12. The molecule has 0 saturated carbocycles. The number of hydrogen-bond donors (Lipinski definition) is 4. The molecule has 3 aromatic rings. The number of benzene rings is 1. The maximum absolute atomic E-state index is 12.2. The highest BCUT2D eigenvalue weighted by atomic mass is 16.4. The summed E-state index contributed by atoms with van der Waals surface area (Å²) in [5.41, 5.74) is 3.22. The number of rotatable bonds is 6. The normalized spacial score (nSPS) is 11.0. The summed E-state index contributed by atoms with van der Waals surface area (Å²) in [6.45, 7) is 3.85. The molecule has 8 heteroatoms. The average molecular weight is 341 g/mol. The number of carboxylic acids is 1. The third-order valence-corrected chi connectivity index (χ3v) is 3.94. The lowest BCUT2D eigenvalue weighted by Gasteiger charge is -2.06. The maximum Gasteiger partial charge on any atom is 0.336 e. The number of unbranched alkanes of at least 4 members (excludes halogenated alkanes) is 1. The van der Waals surface area contributed by atoms with Gasteiger partial charge in [-0.05, 0) is 43.5 Å². The van der Waals surface area contributed by atoms with E-state index in [9.17, 15) is 14.7 Å². The predicted octanol–water partition coefficient (Wildman–Crippen LogP) is 2.89. The van der Waals surface area contributed by atoms with Crippen LogP contribution in [0.1, 0.15) is 51.9 Å². The van der Waals surface area contributed by atoms with E-state index in [0.29, 0.717) is 23.0 Å². The van der Waals surface area contributed by atoms with Gasteiger partial charge in [-0.25, -0.2) is 9.78 Å². The number of aromatic nitrogens is 4. The molecule has 0 fully saturated rings. The van der Waals surface area contributed by atoms with Crippen LogP contribution in [-0.4, -0.2) is 37.1 Å². The topological polar surface area (TPSA) is 124 Å². The van der Waals surface area contributed by atoms with Crippen LogP contribution in [0.3, 0.4) is 0 Å². The van der Waals surface area contributed by atoms with Gasteiger partial charge in [0.05, 0.1) is 16.6 Å². The minimum absolute atomic E-state index is 0.244. The summed E-state index contributed by atoms with van der Waals surface area (Å²) < 4.78 is 0. The Morgan fingerprint density at radius 3 is 2.76 bits per heavy atom. The zero-order valence-electron chi connectivity index (χ0n) is 14.0. The molecule has 0 aliphatic carbocycles. The zero-order chi connectivity index (χ0) is 18.0. The molecule has 0 aliphatic heterocycles. The summed E-state index contributed by atoms with van der Waals surface area (Å²) in [5, 5.41) is 18.7. The summed E-state index contributed by atoms with van der Waals surface area (Å²) in [5.74, 6) is -1.11. The largest absolute Gasteiger partial charge is 0.478 e. The van der Waals surface area contributed by atoms with Gasteiger partial charge in [0.1, 0.15) is 0 Å². The number of anilines is 1. The Kier molecular flexibility index (Phi) is 4.51. The molecule has 1 aromatic carbocycles. The molecule has 1 amide bonds. The first-order valence-electron chi connectivity index (χ1n) is 8.07. The molecule has 0 aliphatic rings. The van der Waals surface area contributed by atoms with E-state index in [-0.39, 0.29) is 17.2 Å². The van der Waals surface area contributed by atoms with E-state index in [1.54, 1.807) is 25.1 Å². The fourth-order valence-electron chi connectivity index (χ4n) is 2.70. The van der Waals surface area contributed by atoms with Crippen molar-refractivity contribution in [1.29, 1.82) is 0 Å². The number of aromatic carboxylic acids is 1. The lowest BCUT2D eigenvalue weighted by molar-refractivity contribution is 0.0695. The smallest absolute Gasteiger partial charge is 0.336 e. The highest BCUT2D eigenvalue weighted by Crippen LogP contribution is 2.24. The van der Waals surface area contributed by atoms with Crippen molar-refractivity contribution in [2.75, 3.05) is 5.32 Å². The standard InChI is InChI=1S/C17H19N5O3/c1-3-4-5-10-11(16(24)25)6-7-12-14(10)19-17(18-12)20-15(23)13-8-9(2)21-22-13/h6-8H,3-5H2,1-2H3,(H,21,22)(H,24,25)(H2,18,19,20,23). The molecule has 0 atom stereocenters. The van der Waals surface area contributed by atoms with Gasteiger partial charge in [-0.1, -0.05) is 13.3 Å². The minimum atomic E-state index is -0.978. The van der Waals surface area contributed by atoms with Crippen LogP contribution in [0, 0.1) is 6.92 Å². The molecule has 0 saturated heterocycles. The Balaban J connectivity index is 1.95. The summed E-state index contributed by atoms with van der Waals surface area (Å²) >= 11 is 0. The number of aryl methyl sites for hydroxylation is 2. The fourth-order valence-corrected chi connectivity index (χ4v) is 2.70. The first kappa shape index (κ1) is 16.7. The van der Waals surface area contributed by atoms with Gasteiger partial charge in [-0.3, -0.25) is 15.2 Å². The molecular formula is C17H19N5O3. The van der Waals surface area contributed by atoms with Crippen molar-refractivity contribution in [2.45, 2.75) is 33.1 Å². The molecule has 8 nitrogen and oxygen atoms in total. The summed E-state index contributed by atoms with van der Waals surface area (Å²) in [6.07, 6.45) is 2.43. The Labute approximate surface area is 143 Å². The van der Waals surface area contributed by atoms with Crippen LogP contribution in [-0.2, 0) is 6.42 Å². The monoisotopic (exact) mass is 341 g/mol. The zero-order valence-corrected chi connectivity index (χ0v) is 14.0. The van der Waals surface area contributed by atoms with E-state index in [0.717, 1.165) is 18.5 Å². The number of H-pyrrole nitrogens is 2. The van der Waals surface area contributed by atoms with Gasteiger partial charge in [0.2, 0.25) is 5.95 Å². The van der Waals surface area contributed by atoms with Gasteiger partial charge in [-0.15, -0.1) is 0 Å². The van der Waals surface area contributed by atoms with E-state index < -0.39 is 11.9 Å². The number of fused-ring (bicyclic) bond motifs is 1. The van der Waals surface area contributed by atoms with Gasteiger partial charge in [-0.2, -0.15) is 5.10 Å². The molecule has 25 heavy (non-hydrogen) atoms. The number of nitrogens with one attached hydrogen (secondary N) is 3. The highest BCUT2D eigenvalue weighted by Gasteiger charge is 2.18. The first-order valence-corrected chi connectivity index (χ1v) is 8.07. The third-order valence-electron chi connectivity index (χ3n) is 3.94. The van der Waals surface area contributed by atoms with Crippen LogP contribution in [0.25, 0.3) is 11.0 Å². The molecule has 130 valence electrons. The van der Waals surface area contributed by atoms with Crippen molar-refractivity contribution in [3.63, 3.8) is 0 Å². The molecule has 0 unspecified atom stereocenters. The van der Waals surface area contributed by atoms with E-state index in [1.807, 2.05) is 6.92 Å². The number of carbonyl (C=O) groups excluding carboxylic acids is 1. The van der Waals surface area contributed by atoms with Crippen LogP contribution in [0.4, 0.5) is 5.95 Å². The summed E-state index contributed by atoms with van der Waals surface area (Å²) in [4.78, 5) is 31.1. The average Bonchev–Trinajstić information content (AvgIpc) is 3.17. The molecule has 2 heterocycles. The molecule has 0 bridgehead atoms. The van der Waals surface area contributed by atoms with Crippen LogP contribution in [0.15, 0.2) is 18.2 Å². The highest BCUT2D eigenvalue weighted by molar-refractivity contribution is 6.03. The van der Waals surface area contributed by atoms with Gasteiger partial charge < -0.3 is 10.1 Å². The second kappa shape index (κ2) is 6.76. The van der Waals surface area contributed by atoms with Gasteiger partial charge in [0.15, 0.2) is 5.69 Å². The molecule has 0 spiro atoms. The van der Waals surface area contributed by atoms with Crippen molar-refractivity contribution < 1.29 is 14.7 Å². The van der Waals surface area contributed by atoms with Gasteiger partial charge >= 0.3 is 5.97 Å². The number of carboxylic acid groups (broad SMARTS) is 1. The van der Waals surface area contributed by atoms with E-state index in [4.69, 9.17) is 0 Å².